The van der Waals surface area contributed by atoms with Gasteiger partial charge in [-0.2, -0.15) is 5.10 Å². The van der Waals surface area contributed by atoms with Crippen molar-refractivity contribution in [3.63, 3.8) is 0 Å². The highest BCUT2D eigenvalue weighted by molar-refractivity contribution is 5.84. The monoisotopic (exact) mass is 293 g/mol. The summed E-state index contributed by atoms with van der Waals surface area (Å²) < 4.78 is 5.21. The van der Waals surface area contributed by atoms with Crippen LogP contribution >= 0.6 is 0 Å². The molecule has 0 heterocycles. The number of carbonyl (C=O) groups is 1. The van der Waals surface area contributed by atoms with Gasteiger partial charge in [0.15, 0.2) is 6.61 Å². The summed E-state index contributed by atoms with van der Waals surface area (Å²) in [5.41, 5.74) is 3.22. The second kappa shape index (κ2) is 7.98. The standard InChI is InChI=1S/C14H19N3O4/c1-10(2)8-11(3)15-16-14(18)9-21-13-6-4-12(5-7-13)17(19)20/h4-7,10H,8-9H2,1-3H3,(H,16,18)/b15-11+. The molecule has 1 N–H and O–H groups in total. The van der Waals surface area contributed by atoms with E-state index in [9.17, 15) is 14.9 Å². The third kappa shape index (κ3) is 6.51. The summed E-state index contributed by atoms with van der Waals surface area (Å²) in [6, 6.07) is 5.52. The molecule has 114 valence electrons. The lowest BCUT2D eigenvalue weighted by Gasteiger charge is -2.06. The summed E-state index contributed by atoms with van der Waals surface area (Å²) in [6.45, 7) is 5.78. The van der Waals surface area contributed by atoms with E-state index in [0.29, 0.717) is 11.7 Å². The van der Waals surface area contributed by atoms with Crippen LogP contribution in [-0.2, 0) is 4.79 Å². The van der Waals surface area contributed by atoms with E-state index in [0.717, 1.165) is 12.1 Å². The van der Waals surface area contributed by atoms with Gasteiger partial charge in [0.1, 0.15) is 5.75 Å². The number of nitro groups is 1. The van der Waals surface area contributed by atoms with Crippen LogP contribution in [0.4, 0.5) is 5.69 Å². The fraction of sp³-hybridized carbons (Fsp3) is 0.429. The summed E-state index contributed by atoms with van der Waals surface area (Å²) in [7, 11) is 0. The molecule has 0 radical (unpaired) electrons. The molecule has 0 fully saturated rings. The molecule has 0 atom stereocenters. The van der Waals surface area contributed by atoms with Crippen LogP contribution in [0.5, 0.6) is 5.75 Å². The van der Waals surface area contributed by atoms with Crippen LogP contribution < -0.4 is 10.2 Å². The number of hydrogen-bond donors (Lipinski definition) is 1. The molecule has 0 saturated carbocycles. The van der Waals surface area contributed by atoms with Crippen molar-refractivity contribution in [3.05, 3.63) is 34.4 Å². The maximum Gasteiger partial charge on any atom is 0.277 e. The molecule has 1 aromatic carbocycles. The van der Waals surface area contributed by atoms with Gasteiger partial charge in [-0.15, -0.1) is 0 Å². The van der Waals surface area contributed by atoms with Crippen LogP contribution in [0, 0.1) is 16.0 Å². The average molecular weight is 293 g/mol. The Hall–Kier alpha value is -2.44. The summed E-state index contributed by atoms with van der Waals surface area (Å²) in [5.74, 6) is 0.483. The Bertz CT molecular complexity index is 524. The van der Waals surface area contributed by atoms with Crippen LogP contribution in [0.1, 0.15) is 27.2 Å². The minimum Gasteiger partial charge on any atom is -0.484 e. The van der Waals surface area contributed by atoms with Crippen LogP contribution in [0.15, 0.2) is 29.4 Å². The van der Waals surface area contributed by atoms with Crippen LogP contribution in [0.3, 0.4) is 0 Å². The number of hydrogen-bond acceptors (Lipinski definition) is 5. The molecule has 1 amide bonds. The Morgan fingerprint density at radius 3 is 2.52 bits per heavy atom. The Morgan fingerprint density at radius 2 is 2.00 bits per heavy atom. The average Bonchev–Trinajstić information content (AvgIpc) is 2.42. The van der Waals surface area contributed by atoms with E-state index in [-0.39, 0.29) is 18.2 Å². The molecule has 1 aromatic rings. The number of nitrogens with zero attached hydrogens (tertiary/aromatic N) is 2. The van der Waals surface area contributed by atoms with Crippen molar-refractivity contribution in [1.29, 1.82) is 0 Å². The molecule has 0 aliphatic carbocycles. The topological polar surface area (TPSA) is 93.8 Å². The van der Waals surface area contributed by atoms with Crippen molar-refractivity contribution in [1.82, 2.24) is 5.43 Å². The summed E-state index contributed by atoms with van der Waals surface area (Å²) in [4.78, 5) is 21.5. The third-order valence-electron chi connectivity index (χ3n) is 2.49. The van der Waals surface area contributed by atoms with E-state index < -0.39 is 4.92 Å². The van der Waals surface area contributed by atoms with Gasteiger partial charge in [0.2, 0.25) is 0 Å². The second-order valence-corrected chi connectivity index (χ2v) is 5.02. The molecule has 7 nitrogen and oxygen atoms in total. The van der Waals surface area contributed by atoms with E-state index in [1.807, 2.05) is 6.92 Å². The highest BCUT2D eigenvalue weighted by Crippen LogP contribution is 2.16. The van der Waals surface area contributed by atoms with Gasteiger partial charge in [-0.05, 0) is 31.4 Å². The number of non-ortho nitro benzene ring substituents is 1. The zero-order valence-corrected chi connectivity index (χ0v) is 12.3. The molecule has 0 aromatic heterocycles. The molecule has 0 saturated heterocycles. The van der Waals surface area contributed by atoms with Gasteiger partial charge in [0, 0.05) is 17.8 Å². The molecule has 21 heavy (non-hydrogen) atoms. The molecular weight excluding hydrogens is 274 g/mol. The molecule has 1 rings (SSSR count). The molecule has 0 unspecified atom stereocenters. The first-order valence-corrected chi connectivity index (χ1v) is 6.57. The fourth-order valence-corrected chi connectivity index (χ4v) is 1.64. The first-order chi connectivity index (χ1) is 9.88. The molecule has 0 bridgehead atoms. The van der Waals surface area contributed by atoms with E-state index >= 15 is 0 Å². The lowest BCUT2D eigenvalue weighted by molar-refractivity contribution is -0.384. The van der Waals surface area contributed by atoms with E-state index in [4.69, 9.17) is 4.74 Å². The van der Waals surface area contributed by atoms with Crippen molar-refractivity contribution >= 4 is 17.3 Å². The number of rotatable bonds is 7. The van der Waals surface area contributed by atoms with Gasteiger partial charge >= 0.3 is 0 Å². The number of ether oxygens (including phenoxy) is 1. The van der Waals surface area contributed by atoms with Crippen LogP contribution in [-0.4, -0.2) is 23.1 Å². The largest absolute Gasteiger partial charge is 0.484 e. The van der Waals surface area contributed by atoms with E-state index in [2.05, 4.69) is 24.4 Å². The van der Waals surface area contributed by atoms with Crippen molar-refractivity contribution < 1.29 is 14.5 Å². The maximum absolute atomic E-state index is 11.5. The number of carbonyl (C=O) groups excluding carboxylic acids is 1. The lowest BCUT2D eigenvalue weighted by atomic mass is 10.1. The number of amides is 1. The summed E-state index contributed by atoms with van der Waals surface area (Å²) >= 11 is 0. The van der Waals surface area contributed by atoms with Gasteiger partial charge in [-0.3, -0.25) is 14.9 Å². The van der Waals surface area contributed by atoms with Crippen molar-refractivity contribution in [2.45, 2.75) is 27.2 Å². The quantitative estimate of drug-likeness (QED) is 0.475. The lowest BCUT2D eigenvalue weighted by Crippen LogP contribution is -2.25. The predicted molar refractivity (Wildman–Crippen MR) is 79.3 cm³/mol. The Kier molecular flexibility index (Phi) is 6.32. The molecular formula is C14H19N3O4. The van der Waals surface area contributed by atoms with Gasteiger partial charge in [-0.1, -0.05) is 13.8 Å². The van der Waals surface area contributed by atoms with Crippen LogP contribution in [0.2, 0.25) is 0 Å². The molecule has 0 spiro atoms. The van der Waals surface area contributed by atoms with Gasteiger partial charge in [-0.25, -0.2) is 5.43 Å². The SMILES string of the molecule is C/C(CC(C)C)=N\NC(=O)COc1ccc([N+](=O)[O-])cc1. The molecule has 0 aliphatic heterocycles. The van der Waals surface area contributed by atoms with Gasteiger partial charge < -0.3 is 4.74 Å². The summed E-state index contributed by atoms with van der Waals surface area (Å²) in [5, 5.41) is 14.5. The Labute approximate surface area is 123 Å². The van der Waals surface area contributed by atoms with Gasteiger partial charge in [0.05, 0.1) is 4.92 Å². The fourth-order valence-electron chi connectivity index (χ4n) is 1.64. The van der Waals surface area contributed by atoms with E-state index in [1.165, 1.54) is 24.3 Å². The first kappa shape index (κ1) is 16.6. The Balaban J connectivity index is 2.41. The van der Waals surface area contributed by atoms with Gasteiger partial charge in [0.25, 0.3) is 11.6 Å². The minimum absolute atomic E-state index is 0.0271. The molecule has 7 heteroatoms. The number of nitro benzene ring substituents is 1. The zero-order valence-electron chi connectivity index (χ0n) is 12.3. The summed E-state index contributed by atoms with van der Waals surface area (Å²) in [6.07, 6.45) is 0.809. The number of nitrogens with one attached hydrogen (secondary N) is 1. The Morgan fingerprint density at radius 1 is 1.38 bits per heavy atom. The highest BCUT2D eigenvalue weighted by Gasteiger charge is 2.06. The normalized spacial score (nSPS) is 11.3. The minimum atomic E-state index is -0.497. The number of benzene rings is 1. The first-order valence-electron chi connectivity index (χ1n) is 6.57. The van der Waals surface area contributed by atoms with Crippen LogP contribution in [0.25, 0.3) is 0 Å². The van der Waals surface area contributed by atoms with Crippen molar-refractivity contribution in [2.24, 2.45) is 11.0 Å². The van der Waals surface area contributed by atoms with Crippen molar-refractivity contribution in [3.8, 4) is 5.75 Å². The highest BCUT2D eigenvalue weighted by atomic mass is 16.6. The second-order valence-electron chi connectivity index (χ2n) is 5.02. The predicted octanol–water partition coefficient (Wildman–Crippen LogP) is 2.51. The zero-order chi connectivity index (χ0) is 15.8. The third-order valence-corrected chi connectivity index (χ3v) is 2.49. The maximum atomic E-state index is 11.5. The smallest absolute Gasteiger partial charge is 0.277 e. The number of hydrazone groups is 1. The van der Waals surface area contributed by atoms with E-state index in [1.54, 1.807) is 0 Å². The molecule has 0 aliphatic rings. The van der Waals surface area contributed by atoms with Crippen molar-refractivity contribution in [2.75, 3.05) is 6.61 Å².